The molecule has 0 saturated heterocycles. The van der Waals surface area contributed by atoms with Gasteiger partial charge in [0.15, 0.2) is 0 Å². The number of anilines is 2. The maximum atomic E-state index is 11.9. The lowest BCUT2D eigenvalue weighted by molar-refractivity contribution is -0.130. The topological polar surface area (TPSA) is 69.6 Å². The first-order valence-corrected chi connectivity index (χ1v) is 6.52. The van der Waals surface area contributed by atoms with Gasteiger partial charge in [-0.05, 0) is 25.1 Å². The number of hydrogen-bond acceptors (Lipinski definition) is 5. The lowest BCUT2D eigenvalue weighted by Gasteiger charge is -2.28. The lowest BCUT2D eigenvalue weighted by Crippen LogP contribution is -2.45. The first-order valence-electron chi connectivity index (χ1n) is 5.54. The smallest absolute Gasteiger partial charge is 0.262 e. The molecule has 0 radical (unpaired) electrons. The van der Waals surface area contributed by atoms with Crippen LogP contribution >= 0.6 is 11.8 Å². The van der Waals surface area contributed by atoms with Gasteiger partial charge in [-0.1, -0.05) is 0 Å². The molecular weight excluding hydrogens is 252 g/mol. The van der Waals surface area contributed by atoms with Crippen molar-refractivity contribution in [2.45, 2.75) is 17.9 Å². The van der Waals surface area contributed by atoms with E-state index in [4.69, 9.17) is 0 Å². The Morgan fingerprint density at radius 3 is 2.89 bits per heavy atom. The molecule has 1 aliphatic heterocycles. The van der Waals surface area contributed by atoms with Gasteiger partial charge in [0.2, 0.25) is 5.91 Å². The summed E-state index contributed by atoms with van der Waals surface area (Å²) in [7, 11) is 1.76. The van der Waals surface area contributed by atoms with Crippen molar-refractivity contribution in [1.82, 2.24) is 0 Å². The second kappa shape index (κ2) is 4.99. The van der Waals surface area contributed by atoms with Crippen molar-refractivity contribution in [3.8, 4) is 0 Å². The Hall–Kier alpha value is -1.53. The van der Waals surface area contributed by atoms with Crippen LogP contribution in [0.25, 0.3) is 0 Å². The van der Waals surface area contributed by atoms with E-state index in [0.29, 0.717) is 5.69 Å². The van der Waals surface area contributed by atoms with E-state index >= 15 is 0 Å². The molecule has 1 aliphatic rings. The summed E-state index contributed by atoms with van der Waals surface area (Å²) in [6.07, 6.45) is -1.19. The SMILES string of the molecule is CNc1ccc2c(c1)N(C(=O)C(C)O)C(=O)CS2. The first kappa shape index (κ1) is 12.9. The van der Waals surface area contributed by atoms with Crippen molar-refractivity contribution in [3.05, 3.63) is 18.2 Å². The van der Waals surface area contributed by atoms with Crippen molar-refractivity contribution in [2.75, 3.05) is 23.0 Å². The van der Waals surface area contributed by atoms with E-state index in [2.05, 4.69) is 5.32 Å². The van der Waals surface area contributed by atoms with Gasteiger partial charge in [0.05, 0.1) is 11.4 Å². The van der Waals surface area contributed by atoms with Crippen LogP contribution in [0.15, 0.2) is 23.1 Å². The molecule has 1 heterocycles. The van der Waals surface area contributed by atoms with E-state index < -0.39 is 12.0 Å². The molecule has 0 fully saturated rings. The van der Waals surface area contributed by atoms with Crippen molar-refractivity contribution in [3.63, 3.8) is 0 Å². The summed E-state index contributed by atoms with van der Waals surface area (Å²) in [5.74, 6) is -0.675. The molecule has 1 unspecified atom stereocenters. The first-order chi connectivity index (χ1) is 8.54. The van der Waals surface area contributed by atoms with Crippen LogP contribution in [0.2, 0.25) is 0 Å². The van der Waals surface area contributed by atoms with Gasteiger partial charge >= 0.3 is 0 Å². The number of thioether (sulfide) groups is 1. The fourth-order valence-corrected chi connectivity index (χ4v) is 2.61. The summed E-state index contributed by atoms with van der Waals surface area (Å²) in [5, 5.41) is 12.3. The summed E-state index contributed by atoms with van der Waals surface area (Å²) in [4.78, 5) is 25.7. The predicted octanol–water partition coefficient (Wildman–Crippen LogP) is 1.07. The Kier molecular flexibility index (Phi) is 3.58. The molecule has 1 atom stereocenters. The van der Waals surface area contributed by atoms with E-state index in [0.717, 1.165) is 15.5 Å². The van der Waals surface area contributed by atoms with Gasteiger partial charge in [0.25, 0.3) is 5.91 Å². The molecule has 1 aromatic carbocycles. The molecule has 0 saturated carbocycles. The molecular formula is C12H14N2O3S. The molecule has 96 valence electrons. The number of carbonyl (C=O) groups excluding carboxylic acids is 2. The number of amides is 2. The third-order valence-corrected chi connectivity index (χ3v) is 3.71. The number of nitrogens with one attached hydrogen (secondary N) is 1. The summed E-state index contributed by atoms with van der Waals surface area (Å²) in [5.41, 5.74) is 1.35. The molecule has 5 nitrogen and oxygen atoms in total. The lowest BCUT2D eigenvalue weighted by atomic mass is 10.2. The van der Waals surface area contributed by atoms with Crippen LogP contribution in [-0.2, 0) is 9.59 Å². The van der Waals surface area contributed by atoms with E-state index in [-0.39, 0.29) is 11.7 Å². The van der Waals surface area contributed by atoms with Crippen molar-refractivity contribution in [2.24, 2.45) is 0 Å². The number of fused-ring (bicyclic) bond motifs is 1. The van der Waals surface area contributed by atoms with E-state index in [1.54, 1.807) is 13.1 Å². The fourth-order valence-electron chi connectivity index (χ4n) is 1.74. The molecule has 6 heteroatoms. The van der Waals surface area contributed by atoms with Crippen molar-refractivity contribution < 1.29 is 14.7 Å². The van der Waals surface area contributed by atoms with Crippen LogP contribution in [0.3, 0.4) is 0 Å². The monoisotopic (exact) mass is 266 g/mol. The number of rotatable bonds is 2. The molecule has 2 rings (SSSR count). The van der Waals surface area contributed by atoms with Gasteiger partial charge in [-0.2, -0.15) is 0 Å². The Morgan fingerprint density at radius 2 is 2.28 bits per heavy atom. The number of aliphatic hydroxyl groups excluding tert-OH is 1. The molecule has 2 amide bonds. The predicted molar refractivity (Wildman–Crippen MR) is 70.9 cm³/mol. The van der Waals surface area contributed by atoms with Crippen LogP contribution in [0.1, 0.15) is 6.92 Å². The Bertz CT molecular complexity index is 502. The number of nitrogens with zero attached hydrogens (tertiary/aromatic N) is 1. The largest absolute Gasteiger partial charge is 0.388 e. The highest BCUT2D eigenvalue weighted by molar-refractivity contribution is 8.00. The van der Waals surface area contributed by atoms with Gasteiger partial charge in [0.1, 0.15) is 6.10 Å². The molecule has 2 N–H and O–H groups in total. The Balaban J connectivity index is 2.48. The number of aliphatic hydroxyl groups is 1. The molecule has 0 bridgehead atoms. The normalized spacial score (nSPS) is 16.2. The van der Waals surface area contributed by atoms with E-state index in [1.807, 2.05) is 12.1 Å². The number of hydrogen-bond donors (Lipinski definition) is 2. The van der Waals surface area contributed by atoms with Crippen molar-refractivity contribution >= 4 is 35.0 Å². The Morgan fingerprint density at radius 1 is 1.56 bits per heavy atom. The zero-order valence-corrected chi connectivity index (χ0v) is 11.0. The third kappa shape index (κ3) is 2.21. The minimum absolute atomic E-state index is 0.213. The molecule has 0 aromatic heterocycles. The Labute approximate surface area is 109 Å². The highest BCUT2D eigenvalue weighted by atomic mass is 32.2. The molecule has 1 aromatic rings. The zero-order valence-electron chi connectivity index (χ0n) is 10.1. The quantitative estimate of drug-likeness (QED) is 0.838. The molecule has 0 aliphatic carbocycles. The maximum Gasteiger partial charge on any atom is 0.262 e. The third-order valence-electron chi connectivity index (χ3n) is 2.67. The number of benzene rings is 1. The highest BCUT2D eigenvalue weighted by Crippen LogP contribution is 2.37. The standard InChI is InChI=1S/C12H14N2O3S/c1-7(15)12(17)14-9-5-8(13-2)3-4-10(9)18-6-11(14)16/h3-5,7,13,15H,6H2,1-2H3. The van der Waals surface area contributed by atoms with Gasteiger partial charge in [-0.15, -0.1) is 11.8 Å². The van der Waals surface area contributed by atoms with Crippen LogP contribution in [0, 0.1) is 0 Å². The average molecular weight is 266 g/mol. The minimum Gasteiger partial charge on any atom is -0.388 e. The van der Waals surface area contributed by atoms with Gasteiger partial charge in [-0.25, -0.2) is 4.90 Å². The summed E-state index contributed by atoms with van der Waals surface area (Å²) in [6.45, 7) is 1.36. The van der Waals surface area contributed by atoms with Gasteiger partial charge < -0.3 is 10.4 Å². The molecule has 0 spiro atoms. The van der Waals surface area contributed by atoms with E-state index in [9.17, 15) is 14.7 Å². The van der Waals surface area contributed by atoms with Gasteiger partial charge in [-0.3, -0.25) is 9.59 Å². The van der Waals surface area contributed by atoms with Gasteiger partial charge in [0, 0.05) is 17.6 Å². The summed E-state index contributed by atoms with van der Waals surface area (Å²) in [6, 6.07) is 5.48. The maximum absolute atomic E-state index is 11.9. The van der Waals surface area contributed by atoms with Crippen LogP contribution < -0.4 is 10.2 Å². The second-order valence-corrected chi connectivity index (χ2v) is 4.98. The number of carbonyl (C=O) groups is 2. The van der Waals surface area contributed by atoms with Crippen LogP contribution in [-0.4, -0.2) is 35.8 Å². The van der Waals surface area contributed by atoms with E-state index in [1.165, 1.54) is 18.7 Å². The number of imide groups is 1. The summed E-state index contributed by atoms with van der Waals surface area (Å²) >= 11 is 1.40. The second-order valence-electron chi connectivity index (χ2n) is 3.96. The molecule has 18 heavy (non-hydrogen) atoms. The summed E-state index contributed by atoms with van der Waals surface area (Å²) < 4.78 is 0. The van der Waals surface area contributed by atoms with Crippen LogP contribution in [0.4, 0.5) is 11.4 Å². The van der Waals surface area contributed by atoms with Crippen molar-refractivity contribution in [1.29, 1.82) is 0 Å². The fraction of sp³-hybridized carbons (Fsp3) is 0.333. The zero-order chi connectivity index (χ0) is 13.3. The van der Waals surface area contributed by atoms with Crippen LogP contribution in [0.5, 0.6) is 0 Å². The highest BCUT2D eigenvalue weighted by Gasteiger charge is 2.32. The average Bonchev–Trinajstić information content (AvgIpc) is 2.37. The minimum atomic E-state index is -1.19.